The summed E-state index contributed by atoms with van der Waals surface area (Å²) in [6, 6.07) is -0.475. The Hall–Kier alpha value is -1.57. The molecule has 0 aliphatic heterocycles. The highest BCUT2D eigenvalue weighted by Crippen LogP contribution is 2.28. The van der Waals surface area contributed by atoms with Crippen LogP contribution in [0.1, 0.15) is 51.8 Å². The van der Waals surface area contributed by atoms with Crippen LogP contribution in [0.25, 0.3) is 0 Å². The maximum atomic E-state index is 11.9. The number of thioether (sulfide) groups is 1. The number of urea groups is 1. The molecular formula is C15H25N5O2S. The van der Waals surface area contributed by atoms with Crippen molar-refractivity contribution in [2.45, 2.75) is 62.8 Å². The largest absolute Gasteiger partial charge is 0.338 e. The number of H-pyrrole nitrogens is 1. The Kier molecular flexibility index (Phi) is 6.88. The van der Waals surface area contributed by atoms with E-state index in [0.29, 0.717) is 11.7 Å². The fourth-order valence-electron chi connectivity index (χ4n) is 2.71. The van der Waals surface area contributed by atoms with Gasteiger partial charge in [0.2, 0.25) is 11.1 Å². The quantitative estimate of drug-likeness (QED) is 0.662. The highest BCUT2D eigenvalue weighted by molar-refractivity contribution is 8.00. The molecule has 23 heavy (non-hydrogen) atoms. The first-order valence-corrected chi connectivity index (χ1v) is 9.13. The molecule has 7 nitrogen and oxygen atoms in total. The van der Waals surface area contributed by atoms with Crippen LogP contribution < -0.4 is 10.6 Å². The van der Waals surface area contributed by atoms with Crippen molar-refractivity contribution in [2.24, 2.45) is 5.92 Å². The van der Waals surface area contributed by atoms with Crippen molar-refractivity contribution < 1.29 is 9.59 Å². The summed E-state index contributed by atoms with van der Waals surface area (Å²) in [6.07, 6.45) is 7.39. The van der Waals surface area contributed by atoms with Crippen LogP contribution in [0.5, 0.6) is 0 Å². The van der Waals surface area contributed by atoms with Crippen molar-refractivity contribution in [3.05, 3.63) is 5.82 Å². The lowest BCUT2D eigenvalue weighted by atomic mass is 10.0. The molecule has 1 aromatic heterocycles. The number of carbonyl (C=O) groups is 2. The van der Waals surface area contributed by atoms with Crippen LogP contribution in [0, 0.1) is 5.92 Å². The minimum atomic E-state index is -0.475. The minimum absolute atomic E-state index is 0.349. The van der Waals surface area contributed by atoms with Crippen molar-refractivity contribution in [3.8, 4) is 0 Å². The van der Waals surface area contributed by atoms with Gasteiger partial charge >= 0.3 is 6.03 Å². The van der Waals surface area contributed by atoms with Crippen molar-refractivity contribution in [2.75, 3.05) is 6.54 Å². The Balaban J connectivity index is 1.76. The van der Waals surface area contributed by atoms with E-state index < -0.39 is 11.3 Å². The van der Waals surface area contributed by atoms with E-state index in [0.717, 1.165) is 24.6 Å². The van der Waals surface area contributed by atoms with Gasteiger partial charge in [-0.1, -0.05) is 37.4 Å². The topological polar surface area (TPSA) is 99.8 Å². The number of hydrogen-bond acceptors (Lipinski definition) is 5. The maximum Gasteiger partial charge on any atom is 0.321 e. The van der Waals surface area contributed by atoms with E-state index in [9.17, 15) is 9.59 Å². The molecule has 0 radical (unpaired) electrons. The third-order valence-electron chi connectivity index (χ3n) is 4.00. The van der Waals surface area contributed by atoms with Crippen LogP contribution in [0.3, 0.4) is 0 Å². The van der Waals surface area contributed by atoms with Gasteiger partial charge < -0.3 is 5.32 Å². The van der Waals surface area contributed by atoms with Gasteiger partial charge in [0.05, 0.1) is 5.25 Å². The summed E-state index contributed by atoms with van der Waals surface area (Å²) in [5.41, 5.74) is 0. The molecule has 1 heterocycles. The van der Waals surface area contributed by atoms with Gasteiger partial charge in [-0.3, -0.25) is 15.2 Å². The van der Waals surface area contributed by atoms with Crippen molar-refractivity contribution in [1.29, 1.82) is 0 Å². The highest BCUT2D eigenvalue weighted by atomic mass is 32.2. The number of imide groups is 1. The van der Waals surface area contributed by atoms with Crippen molar-refractivity contribution in [1.82, 2.24) is 25.8 Å². The Morgan fingerprint density at radius 1 is 1.39 bits per heavy atom. The second kappa shape index (κ2) is 8.90. The number of carbonyl (C=O) groups excluding carboxylic acids is 2. The Morgan fingerprint density at radius 3 is 2.83 bits per heavy atom. The monoisotopic (exact) mass is 339 g/mol. The number of rotatable bonds is 7. The lowest BCUT2D eigenvalue weighted by Crippen LogP contribution is -2.42. The van der Waals surface area contributed by atoms with E-state index in [1.165, 1.54) is 37.4 Å². The molecule has 0 spiro atoms. The first-order chi connectivity index (χ1) is 11.1. The molecular weight excluding hydrogens is 314 g/mol. The molecule has 0 bridgehead atoms. The smallest absolute Gasteiger partial charge is 0.321 e. The average molecular weight is 339 g/mol. The van der Waals surface area contributed by atoms with Crippen LogP contribution in [-0.4, -0.2) is 38.9 Å². The summed E-state index contributed by atoms with van der Waals surface area (Å²) in [6.45, 7) is 4.00. The van der Waals surface area contributed by atoms with Gasteiger partial charge in [-0.25, -0.2) is 9.78 Å². The molecule has 0 aromatic carbocycles. The summed E-state index contributed by atoms with van der Waals surface area (Å²) in [7, 11) is 0. The van der Waals surface area contributed by atoms with Gasteiger partial charge in [-0.15, -0.1) is 5.10 Å². The molecule has 1 aliphatic rings. The number of aromatic amines is 1. The van der Waals surface area contributed by atoms with Crippen molar-refractivity contribution >= 4 is 23.7 Å². The number of aromatic nitrogens is 3. The molecule has 1 aromatic rings. The standard InChI is InChI=1S/C15H25N5O2S/c1-3-16-14(22)18-13(21)10(2)23-15-17-12(19-20-15)9-8-11-6-4-5-7-11/h10-11H,3-9H2,1-2H3,(H,17,19,20)(H2,16,18,21,22)/t10-/m1/s1. The van der Waals surface area contributed by atoms with Gasteiger partial charge in [0, 0.05) is 13.0 Å². The molecule has 1 saturated carbocycles. The normalized spacial score (nSPS) is 16.3. The minimum Gasteiger partial charge on any atom is -0.338 e. The predicted octanol–water partition coefficient (Wildman–Crippen LogP) is 2.25. The van der Waals surface area contributed by atoms with Crippen LogP contribution in [0.4, 0.5) is 4.79 Å². The lowest BCUT2D eigenvalue weighted by Gasteiger charge is -2.09. The molecule has 0 unspecified atom stereocenters. The molecule has 1 aliphatic carbocycles. The highest BCUT2D eigenvalue weighted by Gasteiger charge is 2.20. The second-order valence-corrected chi connectivity index (χ2v) is 7.17. The van der Waals surface area contributed by atoms with Gasteiger partial charge in [0.25, 0.3) is 0 Å². The summed E-state index contributed by atoms with van der Waals surface area (Å²) in [4.78, 5) is 27.6. The third kappa shape index (κ3) is 5.85. The van der Waals surface area contributed by atoms with E-state index in [4.69, 9.17) is 0 Å². The molecule has 2 rings (SSSR count). The first-order valence-electron chi connectivity index (χ1n) is 8.25. The molecule has 0 saturated heterocycles. The van der Waals surface area contributed by atoms with Gasteiger partial charge in [0.15, 0.2) is 0 Å². The van der Waals surface area contributed by atoms with Gasteiger partial charge in [0.1, 0.15) is 5.82 Å². The van der Waals surface area contributed by atoms with Gasteiger partial charge in [-0.2, -0.15) is 0 Å². The summed E-state index contributed by atoms with van der Waals surface area (Å²) >= 11 is 1.25. The number of nitrogens with zero attached hydrogens (tertiary/aromatic N) is 2. The van der Waals surface area contributed by atoms with E-state index >= 15 is 0 Å². The molecule has 128 valence electrons. The molecule has 8 heteroatoms. The van der Waals surface area contributed by atoms with Crippen molar-refractivity contribution in [3.63, 3.8) is 0 Å². The van der Waals surface area contributed by atoms with Crippen LogP contribution in [0.2, 0.25) is 0 Å². The van der Waals surface area contributed by atoms with E-state index in [2.05, 4.69) is 25.8 Å². The SMILES string of the molecule is CCNC(=O)NC(=O)[C@@H](C)Sc1n[nH]c(CCC2CCCC2)n1. The number of aryl methyl sites for hydroxylation is 1. The maximum absolute atomic E-state index is 11.9. The van der Waals surface area contributed by atoms with Gasteiger partial charge in [-0.05, 0) is 26.2 Å². The summed E-state index contributed by atoms with van der Waals surface area (Å²) in [5.74, 6) is 1.34. The Bertz CT molecular complexity index is 528. The molecule has 3 amide bonds. The Labute approximate surface area is 140 Å². The summed E-state index contributed by atoms with van der Waals surface area (Å²) in [5, 5.41) is 12.0. The predicted molar refractivity (Wildman–Crippen MR) is 89.2 cm³/mol. The zero-order chi connectivity index (χ0) is 16.7. The van der Waals surface area contributed by atoms with E-state index in [1.807, 2.05) is 0 Å². The van der Waals surface area contributed by atoms with Crippen LogP contribution in [-0.2, 0) is 11.2 Å². The fraction of sp³-hybridized carbons (Fsp3) is 0.733. The zero-order valence-electron chi connectivity index (χ0n) is 13.7. The van der Waals surface area contributed by atoms with E-state index in [1.54, 1.807) is 13.8 Å². The fourth-order valence-corrected chi connectivity index (χ4v) is 3.46. The molecule has 3 N–H and O–H groups in total. The number of nitrogens with one attached hydrogen (secondary N) is 3. The first kappa shape index (κ1) is 17.8. The Morgan fingerprint density at radius 2 is 2.13 bits per heavy atom. The third-order valence-corrected chi connectivity index (χ3v) is 4.96. The zero-order valence-corrected chi connectivity index (χ0v) is 14.5. The molecule has 1 fully saturated rings. The van der Waals surface area contributed by atoms with Crippen LogP contribution >= 0.6 is 11.8 Å². The van der Waals surface area contributed by atoms with Crippen LogP contribution in [0.15, 0.2) is 5.16 Å². The number of hydrogen-bond donors (Lipinski definition) is 3. The summed E-state index contributed by atoms with van der Waals surface area (Å²) < 4.78 is 0. The van der Waals surface area contributed by atoms with E-state index in [-0.39, 0.29) is 5.91 Å². The second-order valence-electron chi connectivity index (χ2n) is 5.86. The number of amides is 3. The molecule has 1 atom stereocenters. The lowest BCUT2D eigenvalue weighted by molar-refractivity contribution is -0.119. The average Bonchev–Trinajstić information content (AvgIpc) is 3.16.